The number of likely N-dealkylation sites (N-methyl/N-ethyl adjacent to an activating group) is 1. The molecule has 2 rings (SSSR count). The van der Waals surface area contributed by atoms with Gasteiger partial charge in [0.15, 0.2) is 5.96 Å². The maximum Gasteiger partial charge on any atom is 0.243 e. The van der Waals surface area contributed by atoms with Crippen LogP contribution in [0.2, 0.25) is 0 Å². The minimum absolute atomic E-state index is 0. The fraction of sp³-hybridized carbons (Fsp3) is 0.875. The SMILES string of the molecule is CN(C)C(=O)CN=C(NCCCN1CCOCC1)NCC1CC1.I. The number of rotatable bonds is 8. The number of hydrogen-bond donors (Lipinski definition) is 2. The van der Waals surface area contributed by atoms with Crippen molar-refractivity contribution in [2.75, 3.05) is 66.6 Å². The van der Waals surface area contributed by atoms with Crippen LogP contribution in [0.5, 0.6) is 0 Å². The largest absolute Gasteiger partial charge is 0.379 e. The Morgan fingerprint density at radius 1 is 1.25 bits per heavy atom. The van der Waals surface area contributed by atoms with E-state index in [0.29, 0.717) is 0 Å². The van der Waals surface area contributed by atoms with E-state index in [0.717, 1.165) is 64.2 Å². The van der Waals surface area contributed by atoms with Gasteiger partial charge in [0, 0.05) is 40.3 Å². The maximum atomic E-state index is 11.7. The average Bonchev–Trinajstić information content (AvgIpc) is 3.38. The average molecular weight is 453 g/mol. The first-order chi connectivity index (χ1) is 11.1. The molecule has 0 unspecified atom stereocenters. The molecule has 0 spiro atoms. The molecule has 1 aliphatic carbocycles. The molecule has 2 N–H and O–H groups in total. The second kappa shape index (κ2) is 11.9. The zero-order chi connectivity index (χ0) is 16.5. The Labute approximate surface area is 162 Å². The molecule has 0 aromatic carbocycles. The molecule has 24 heavy (non-hydrogen) atoms. The van der Waals surface area contributed by atoms with E-state index >= 15 is 0 Å². The van der Waals surface area contributed by atoms with Crippen molar-refractivity contribution in [1.29, 1.82) is 0 Å². The van der Waals surface area contributed by atoms with Crippen molar-refractivity contribution in [3.63, 3.8) is 0 Å². The summed E-state index contributed by atoms with van der Waals surface area (Å²) in [5.41, 5.74) is 0. The molecule has 0 atom stereocenters. The van der Waals surface area contributed by atoms with Crippen LogP contribution in [0.25, 0.3) is 0 Å². The molecule has 0 radical (unpaired) electrons. The molecule has 2 fully saturated rings. The van der Waals surface area contributed by atoms with Crippen LogP contribution in [0.1, 0.15) is 19.3 Å². The van der Waals surface area contributed by atoms with Crippen LogP contribution in [0, 0.1) is 5.92 Å². The molecule has 1 aliphatic heterocycles. The Bertz CT molecular complexity index is 396. The molecule has 2 aliphatic rings. The van der Waals surface area contributed by atoms with Crippen molar-refractivity contribution in [2.45, 2.75) is 19.3 Å². The number of guanidine groups is 1. The first-order valence-corrected chi connectivity index (χ1v) is 8.67. The number of carbonyl (C=O) groups is 1. The fourth-order valence-electron chi connectivity index (χ4n) is 2.36. The number of hydrogen-bond acceptors (Lipinski definition) is 4. The first kappa shape index (κ1) is 21.4. The van der Waals surface area contributed by atoms with Crippen molar-refractivity contribution >= 4 is 35.8 Å². The predicted molar refractivity (Wildman–Crippen MR) is 107 cm³/mol. The molecule has 7 nitrogen and oxygen atoms in total. The topological polar surface area (TPSA) is 69.2 Å². The summed E-state index contributed by atoms with van der Waals surface area (Å²) in [5, 5.41) is 6.70. The van der Waals surface area contributed by atoms with Gasteiger partial charge in [0.25, 0.3) is 0 Å². The minimum atomic E-state index is 0. The van der Waals surface area contributed by atoms with Crippen LogP contribution >= 0.6 is 24.0 Å². The van der Waals surface area contributed by atoms with Gasteiger partial charge >= 0.3 is 0 Å². The van der Waals surface area contributed by atoms with Crippen molar-refractivity contribution in [3.05, 3.63) is 0 Å². The van der Waals surface area contributed by atoms with Gasteiger partial charge in [0.1, 0.15) is 6.54 Å². The fourth-order valence-corrected chi connectivity index (χ4v) is 2.36. The minimum Gasteiger partial charge on any atom is -0.379 e. The molecule has 1 saturated heterocycles. The number of nitrogens with one attached hydrogen (secondary N) is 2. The van der Waals surface area contributed by atoms with Gasteiger partial charge in [0.05, 0.1) is 13.2 Å². The van der Waals surface area contributed by atoms with Gasteiger partial charge in [-0.1, -0.05) is 0 Å². The van der Waals surface area contributed by atoms with Crippen molar-refractivity contribution < 1.29 is 9.53 Å². The number of ether oxygens (including phenoxy) is 1. The summed E-state index contributed by atoms with van der Waals surface area (Å²) in [6.45, 7) is 6.82. The lowest BCUT2D eigenvalue weighted by Crippen LogP contribution is -2.41. The molecule has 1 saturated carbocycles. The van der Waals surface area contributed by atoms with E-state index in [1.54, 1.807) is 19.0 Å². The number of aliphatic imine (C=N–C) groups is 1. The number of carbonyl (C=O) groups excluding carboxylic acids is 1. The Balaban J connectivity index is 0.00000288. The predicted octanol–water partition coefficient (Wildman–Crippen LogP) is 0.360. The highest BCUT2D eigenvalue weighted by atomic mass is 127. The van der Waals surface area contributed by atoms with Crippen LogP contribution in [-0.2, 0) is 9.53 Å². The van der Waals surface area contributed by atoms with Gasteiger partial charge in [-0.15, -0.1) is 24.0 Å². The molecular weight excluding hydrogens is 421 g/mol. The van der Waals surface area contributed by atoms with E-state index < -0.39 is 0 Å². The number of amides is 1. The Kier molecular flexibility index (Phi) is 10.6. The number of halogens is 1. The Morgan fingerprint density at radius 2 is 1.96 bits per heavy atom. The van der Waals surface area contributed by atoms with E-state index in [9.17, 15) is 4.79 Å². The second-order valence-corrected chi connectivity index (χ2v) is 6.51. The van der Waals surface area contributed by atoms with Crippen molar-refractivity contribution in [2.24, 2.45) is 10.9 Å². The van der Waals surface area contributed by atoms with Crippen LogP contribution in [0.15, 0.2) is 4.99 Å². The number of morpholine rings is 1. The molecule has 0 bridgehead atoms. The van der Waals surface area contributed by atoms with Gasteiger partial charge in [-0.05, 0) is 31.7 Å². The van der Waals surface area contributed by atoms with Crippen LogP contribution < -0.4 is 10.6 Å². The third kappa shape index (κ3) is 9.03. The molecular formula is C16H32IN5O2. The summed E-state index contributed by atoms with van der Waals surface area (Å²) < 4.78 is 5.36. The summed E-state index contributed by atoms with van der Waals surface area (Å²) >= 11 is 0. The highest BCUT2D eigenvalue weighted by Gasteiger charge is 2.21. The third-order valence-electron chi connectivity index (χ3n) is 4.17. The van der Waals surface area contributed by atoms with E-state index in [2.05, 4.69) is 20.5 Å². The van der Waals surface area contributed by atoms with E-state index in [1.165, 1.54) is 12.8 Å². The highest BCUT2D eigenvalue weighted by Crippen LogP contribution is 2.27. The summed E-state index contributed by atoms with van der Waals surface area (Å²) in [6.07, 6.45) is 3.66. The van der Waals surface area contributed by atoms with Gasteiger partial charge in [-0.25, -0.2) is 4.99 Å². The normalized spacial score (nSPS) is 18.7. The van der Waals surface area contributed by atoms with Gasteiger partial charge in [0.2, 0.25) is 5.91 Å². The van der Waals surface area contributed by atoms with Gasteiger partial charge in [-0.2, -0.15) is 0 Å². The van der Waals surface area contributed by atoms with E-state index in [-0.39, 0.29) is 36.4 Å². The molecule has 1 heterocycles. The maximum absolute atomic E-state index is 11.7. The molecule has 140 valence electrons. The lowest BCUT2D eigenvalue weighted by molar-refractivity contribution is -0.127. The zero-order valence-electron chi connectivity index (χ0n) is 14.9. The summed E-state index contributed by atoms with van der Waals surface area (Å²) in [6, 6.07) is 0. The lowest BCUT2D eigenvalue weighted by atomic mass is 10.3. The van der Waals surface area contributed by atoms with Crippen molar-refractivity contribution in [1.82, 2.24) is 20.4 Å². The first-order valence-electron chi connectivity index (χ1n) is 8.67. The van der Waals surface area contributed by atoms with Crippen molar-refractivity contribution in [3.8, 4) is 0 Å². The standard InChI is InChI=1S/C16H31N5O2.HI/c1-20(2)15(22)13-19-16(18-12-14-4-5-14)17-6-3-7-21-8-10-23-11-9-21;/h14H,3-13H2,1-2H3,(H2,17,18,19);1H. The lowest BCUT2D eigenvalue weighted by Gasteiger charge is -2.26. The zero-order valence-corrected chi connectivity index (χ0v) is 17.3. The highest BCUT2D eigenvalue weighted by molar-refractivity contribution is 14.0. The molecule has 0 aromatic rings. The van der Waals surface area contributed by atoms with E-state index in [4.69, 9.17) is 4.74 Å². The number of nitrogens with zero attached hydrogens (tertiary/aromatic N) is 3. The Hall–Kier alpha value is -0.610. The molecule has 0 aromatic heterocycles. The van der Waals surface area contributed by atoms with Gasteiger partial charge in [-0.3, -0.25) is 9.69 Å². The quantitative estimate of drug-likeness (QED) is 0.241. The smallest absolute Gasteiger partial charge is 0.243 e. The monoisotopic (exact) mass is 453 g/mol. The molecule has 1 amide bonds. The van der Waals surface area contributed by atoms with Crippen LogP contribution in [-0.4, -0.2) is 88.2 Å². The third-order valence-corrected chi connectivity index (χ3v) is 4.17. The Morgan fingerprint density at radius 3 is 2.58 bits per heavy atom. The van der Waals surface area contributed by atoms with E-state index in [1.807, 2.05) is 0 Å². The summed E-state index contributed by atoms with van der Waals surface area (Å²) in [7, 11) is 3.51. The molecule has 8 heteroatoms. The summed E-state index contributed by atoms with van der Waals surface area (Å²) in [4.78, 5) is 20.1. The summed E-state index contributed by atoms with van der Waals surface area (Å²) in [5.74, 6) is 1.56. The van der Waals surface area contributed by atoms with Crippen LogP contribution in [0.4, 0.5) is 0 Å². The van der Waals surface area contributed by atoms with Gasteiger partial charge < -0.3 is 20.3 Å². The van der Waals surface area contributed by atoms with Crippen LogP contribution in [0.3, 0.4) is 0 Å². The second-order valence-electron chi connectivity index (χ2n) is 6.51.